The number of ether oxygens (including phenoxy) is 2. The minimum Gasteiger partial charge on any atom is -0.493 e. The Kier molecular flexibility index (Phi) is 7.18. The first-order chi connectivity index (χ1) is 15.3. The summed E-state index contributed by atoms with van der Waals surface area (Å²) in [5, 5.41) is 1.36. The summed E-state index contributed by atoms with van der Waals surface area (Å²) in [5.74, 6) is 1.57. The maximum absolute atomic E-state index is 5.63. The van der Waals surface area contributed by atoms with E-state index in [1.165, 1.54) is 66.2 Å². The van der Waals surface area contributed by atoms with E-state index in [4.69, 9.17) is 9.47 Å². The Morgan fingerprint density at radius 3 is 2.52 bits per heavy atom. The predicted molar refractivity (Wildman–Crippen MR) is 128 cm³/mol. The minimum absolute atomic E-state index is 0.214. The molecule has 1 aliphatic rings. The second-order valence-corrected chi connectivity index (χ2v) is 8.63. The normalized spacial score (nSPS) is 16.4. The van der Waals surface area contributed by atoms with Crippen molar-refractivity contribution in [2.45, 2.75) is 57.9 Å². The highest BCUT2D eigenvalue weighted by Crippen LogP contribution is 2.41. The van der Waals surface area contributed by atoms with Crippen LogP contribution < -0.4 is 9.47 Å². The van der Waals surface area contributed by atoms with Crippen LogP contribution in [0.3, 0.4) is 0 Å². The highest BCUT2D eigenvalue weighted by atomic mass is 16.5. The number of fused-ring (bicyclic) bond motifs is 3. The monoisotopic (exact) mass is 420 g/mol. The first kappa shape index (κ1) is 21.8. The van der Waals surface area contributed by atoms with Crippen molar-refractivity contribution in [1.29, 1.82) is 0 Å². The van der Waals surface area contributed by atoms with E-state index in [1.54, 1.807) is 14.2 Å². The minimum atomic E-state index is 0.214. The Bertz CT molecular complexity index is 994. The quantitative estimate of drug-likeness (QED) is 0.381. The van der Waals surface area contributed by atoms with Crippen LogP contribution in [-0.4, -0.2) is 37.2 Å². The van der Waals surface area contributed by atoms with Crippen molar-refractivity contribution >= 4 is 10.9 Å². The molecule has 4 nitrogen and oxygen atoms in total. The number of aromatic amines is 1. The molecule has 0 saturated carbocycles. The number of hydrogen-bond donors (Lipinski definition) is 1. The fourth-order valence-corrected chi connectivity index (χ4v) is 5.03. The number of unbranched alkanes of at least 4 members (excludes halogenated alkanes) is 5. The lowest BCUT2D eigenvalue weighted by molar-refractivity contribution is 0.205. The molecule has 0 bridgehead atoms. The number of aromatic nitrogens is 1. The van der Waals surface area contributed by atoms with Crippen LogP contribution in [-0.2, 0) is 6.42 Å². The molecular formula is C27H36N2O2. The molecule has 1 N–H and O–H groups in total. The molecule has 2 aromatic carbocycles. The van der Waals surface area contributed by atoms with Gasteiger partial charge < -0.3 is 14.5 Å². The van der Waals surface area contributed by atoms with E-state index in [0.717, 1.165) is 31.0 Å². The summed E-state index contributed by atoms with van der Waals surface area (Å²) < 4.78 is 11.1. The molecule has 3 aromatic rings. The van der Waals surface area contributed by atoms with Crippen LogP contribution >= 0.6 is 0 Å². The molecule has 166 valence electrons. The lowest BCUT2D eigenvalue weighted by atomic mass is 9.91. The largest absolute Gasteiger partial charge is 0.493 e. The van der Waals surface area contributed by atoms with Crippen LogP contribution in [0.15, 0.2) is 42.5 Å². The SMILES string of the molecule is CCCCCCCCN1CCc2c([nH]c3ccccc23)C1c1ccc(OC)c(OC)c1. The average Bonchev–Trinajstić information content (AvgIpc) is 3.19. The first-order valence-electron chi connectivity index (χ1n) is 11.8. The number of hydrogen-bond acceptors (Lipinski definition) is 3. The number of H-pyrrole nitrogens is 1. The van der Waals surface area contributed by atoms with E-state index in [1.807, 2.05) is 6.07 Å². The third-order valence-corrected chi connectivity index (χ3v) is 6.66. The second kappa shape index (κ2) is 10.2. The number of rotatable bonds is 10. The van der Waals surface area contributed by atoms with Crippen molar-refractivity contribution in [2.75, 3.05) is 27.3 Å². The maximum Gasteiger partial charge on any atom is 0.161 e. The molecule has 0 aliphatic carbocycles. The Morgan fingerprint density at radius 2 is 1.71 bits per heavy atom. The van der Waals surface area contributed by atoms with Gasteiger partial charge in [-0.15, -0.1) is 0 Å². The van der Waals surface area contributed by atoms with Crippen LogP contribution in [0, 0.1) is 0 Å². The number of para-hydroxylation sites is 1. The lowest BCUT2D eigenvalue weighted by Crippen LogP contribution is -2.36. The summed E-state index contributed by atoms with van der Waals surface area (Å²) in [4.78, 5) is 6.42. The second-order valence-electron chi connectivity index (χ2n) is 8.63. The molecule has 1 aliphatic heterocycles. The molecule has 0 fully saturated rings. The number of methoxy groups -OCH3 is 2. The van der Waals surface area contributed by atoms with Gasteiger partial charge in [0.05, 0.1) is 20.3 Å². The van der Waals surface area contributed by atoms with Crippen molar-refractivity contribution in [3.05, 3.63) is 59.3 Å². The Morgan fingerprint density at radius 1 is 0.935 bits per heavy atom. The third kappa shape index (κ3) is 4.59. The highest BCUT2D eigenvalue weighted by molar-refractivity contribution is 5.85. The molecule has 31 heavy (non-hydrogen) atoms. The Labute approximate surface area is 186 Å². The van der Waals surface area contributed by atoms with Crippen molar-refractivity contribution in [3.8, 4) is 11.5 Å². The molecule has 4 rings (SSSR count). The molecule has 1 atom stereocenters. The number of nitrogens with one attached hydrogen (secondary N) is 1. The highest BCUT2D eigenvalue weighted by Gasteiger charge is 2.31. The van der Waals surface area contributed by atoms with Crippen LogP contribution in [0.1, 0.15) is 68.3 Å². The van der Waals surface area contributed by atoms with Crippen LogP contribution in [0.4, 0.5) is 0 Å². The molecular weight excluding hydrogens is 384 g/mol. The van der Waals surface area contributed by atoms with E-state index >= 15 is 0 Å². The van der Waals surface area contributed by atoms with Gasteiger partial charge in [0, 0.05) is 23.1 Å². The van der Waals surface area contributed by atoms with Crippen molar-refractivity contribution in [2.24, 2.45) is 0 Å². The molecule has 4 heteroatoms. The lowest BCUT2D eigenvalue weighted by Gasteiger charge is -2.36. The average molecular weight is 421 g/mol. The standard InChI is InChI=1S/C27H36N2O2/c1-4-5-6-7-8-11-17-29-18-16-22-21-12-9-10-13-23(21)28-26(22)27(29)20-14-15-24(30-2)25(19-20)31-3/h9-10,12-15,19,27-28H,4-8,11,16-18H2,1-3H3. The van der Waals surface area contributed by atoms with Crippen LogP contribution in [0.25, 0.3) is 10.9 Å². The summed E-state index contributed by atoms with van der Waals surface area (Å²) in [5.41, 5.74) is 5.30. The van der Waals surface area contributed by atoms with Gasteiger partial charge in [0.25, 0.3) is 0 Å². The van der Waals surface area contributed by atoms with Crippen molar-refractivity contribution < 1.29 is 9.47 Å². The Balaban J connectivity index is 1.64. The number of benzene rings is 2. The molecule has 0 amide bonds. The van der Waals surface area contributed by atoms with E-state index in [9.17, 15) is 0 Å². The molecule has 0 radical (unpaired) electrons. The summed E-state index contributed by atoms with van der Waals surface area (Å²) in [6.07, 6.45) is 9.03. The fourth-order valence-electron chi connectivity index (χ4n) is 5.03. The summed E-state index contributed by atoms with van der Waals surface area (Å²) in [6.45, 7) is 4.49. The van der Waals surface area contributed by atoms with Gasteiger partial charge in [0.2, 0.25) is 0 Å². The van der Waals surface area contributed by atoms with Gasteiger partial charge in [-0.05, 0) is 48.7 Å². The molecule has 1 unspecified atom stereocenters. The molecule has 1 aromatic heterocycles. The van der Waals surface area contributed by atoms with E-state index in [0.29, 0.717) is 0 Å². The molecule has 2 heterocycles. The maximum atomic E-state index is 5.63. The topological polar surface area (TPSA) is 37.5 Å². The van der Waals surface area contributed by atoms with Gasteiger partial charge in [0.1, 0.15) is 0 Å². The van der Waals surface area contributed by atoms with E-state index < -0.39 is 0 Å². The van der Waals surface area contributed by atoms with Crippen LogP contribution in [0.5, 0.6) is 11.5 Å². The molecule has 0 spiro atoms. The smallest absolute Gasteiger partial charge is 0.161 e. The van der Waals surface area contributed by atoms with Gasteiger partial charge >= 0.3 is 0 Å². The van der Waals surface area contributed by atoms with Gasteiger partial charge in [-0.25, -0.2) is 0 Å². The predicted octanol–water partition coefficient (Wildman–Crippen LogP) is 6.49. The fraction of sp³-hybridized carbons (Fsp3) is 0.481. The zero-order valence-electron chi connectivity index (χ0n) is 19.2. The van der Waals surface area contributed by atoms with Crippen LogP contribution in [0.2, 0.25) is 0 Å². The van der Waals surface area contributed by atoms with Gasteiger partial charge in [-0.2, -0.15) is 0 Å². The van der Waals surface area contributed by atoms with E-state index in [2.05, 4.69) is 53.2 Å². The summed E-state index contributed by atoms with van der Waals surface area (Å²) in [6, 6.07) is 15.3. The van der Waals surface area contributed by atoms with E-state index in [-0.39, 0.29) is 6.04 Å². The number of nitrogens with zero attached hydrogens (tertiary/aromatic N) is 1. The van der Waals surface area contributed by atoms with Crippen molar-refractivity contribution in [1.82, 2.24) is 9.88 Å². The van der Waals surface area contributed by atoms with Gasteiger partial charge in [0.15, 0.2) is 11.5 Å². The summed E-state index contributed by atoms with van der Waals surface area (Å²) >= 11 is 0. The third-order valence-electron chi connectivity index (χ3n) is 6.66. The van der Waals surface area contributed by atoms with Gasteiger partial charge in [-0.1, -0.05) is 63.3 Å². The zero-order chi connectivity index (χ0) is 21.6. The molecule has 0 saturated heterocycles. The zero-order valence-corrected chi connectivity index (χ0v) is 19.2. The Hall–Kier alpha value is -2.46. The first-order valence-corrected chi connectivity index (χ1v) is 11.8. The van der Waals surface area contributed by atoms with Crippen molar-refractivity contribution in [3.63, 3.8) is 0 Å². The van der Waals surface area contributed by atoms with Gasteiger partial charge in [-0.3, -0.25) is 4.90 Å². The summed E-state index contributed by atoms with van der Waals surface area (Å²) in [7, 11) is 3.41.